The number of rotatable bonds is 7. The molecule has 1 rings (SSSR count). The molecule has 0 bridgehead atoms. The van der Waals surface area contributed by atoms with Crippen molar-refractivity contribution in [1.82, 2.24) is 0 Å². The average molecular weight is 335 g/mol. The summed E-state index contributed by atoms with van der Waals surface area (Å²) in [5.74, 6) is 0.219. The Morgan fingerprint density at radius 1 is 1.17 bits per heavy atom. The lowest BCUT2D eigenvalue weighted by Gasteiger charge is -2.40. The summed E-state index contributed by atoms with van der Waals surface area (Å²) in [4.78, 5) is 0. The molecule has 0 saturated heterocycles. The van der Waals surface area contributed by atoms with Gasteiger partial charge in [-0.05, 0) is 41.6 Å². The fraction of sp³-hybridized carbons (Fsp3) is 0.600. The summed E-state index contributed by atoms with van der Waals surface area (Å²) >= 11 is 0. The summed E-state index contributed by atoms with van der Waals surface area (Å²) in [5.41, 5.74) is 2.08. The third-order valence-corrected chi connectivity index (χ3v) is 9.37. The summed E-state index contributed by atoms with van der Waals surface area (Å²) in [5, 5.41) is 10.4. The van der Waals surface area contributed by atoms with E-state index in [9.17, 15) is 5.11 Å². The van der Waals surface area contributed by atoms with Crippen LogP contribution in [0.25, 0.3) is 0 Å². The third kappa shape index (κ3) is 5.59. The number of aliphatic hydroxyl groups excluding tert-OH is 1. The molecule has 0 spiro atoms. The molecule has 2 atom stereocenters. The Morgan fingerprint density at radius 3 is 2.13 bits per heavy atom. The van der Waals surface area contributed by atoms with Crippen LogP contribution in [-0.2, 0) is 4.43 Å². The maximum absolute atomic E-state index is 10.2. The molecule has 0 aliphatic carbocycles. The van der Waals surface area contributed by atoms with E-state index in [2.05, 4.69) is 52.6 Å². The zero-order valence-electron chi connectivity index (χ0n) is 15.9. The molecule has 0 aliphatic heterocycles. The van der Waals surface area contributed by atoms with Crippen LogP contribution >= 0.6 is 0 Å². The lowest BCUT2D eigenvalue weighted by Crippen LogP contribution is -2.42. The van der Waals surface area contributed by atoms with Gasteiger partial charge in [-0.25, -0.2) is 0 Å². The van der Waals surface area contributed by atoms with Gasteiger partial charge in [-0.1, -0.05) is 71.5 Å². The molecule has 0 aromatic heterocycles. The Hall–Kier alpha value is -0.903. The molecule has 0 aliphatic rings. The smallest absolute Gasteiger partial charge is 0.193 e. The van der Waals surface area contributed by atoms with E-state index in [1.807, 2.05) is 32.0 Å². The number of hydrogen-bond donors (Lipinski definition) is 1. The number of aliphatic hydroxyl groups is 1. The van der Waals surface area contributed by atoms with Crippen molar-refractivity contribution in [2.45, 2.75) is 71.4 Å². The fourth-order valence-electron chi connectivity index (χ4n) is 2.10. The summed E-state index contributed by atoms with van der Waals surface area (Å²) in [6.45, 7) is 19.6. The first-order valence-corrected chi connectivity index (χ1v) is 11.4. The van der Waals surface area contributed by atoms with E-state index in [0.717, 1.165) is 11.1 Å². The molecule has 1 N–H and O–H groups in total. The predicted molar refractivity (Wildman–Crippen MR) is 102 cm³/mol. The predicted octanol–water partition coefficient (Wildman–Crippen LogP) is 5.71. The Bertz CT molecular complexity index is 500. The lowest BCUT2D eigenvalue weighted by molar-refractivity contribution is 0.114. The highest BCUT2D eigenvalue weighted by atomic mass is 28.4. The molecule has 1 aromatic rings. The molecule has 1 aromatic carbocycles. The van der Waals surface area contributed by atoms with Gasteiger partial charge in [-0.15, -0.1) is 0 Å². The first kappa shape index (κ1) is 20.1. The van der Waals surface area contributed by atoms with Gasteiger partial charge in [-0.2, -0.15) is 0 Å². The standard InChI is InChI=1S/C20H34O2Si/c1-15(2)18(21)14-16(3)19(17-12-10-9-11-13-17)22-23(7,8)20(4,5)6/h9-13,15,18-19,21H,3,14H2,1-2,4-8H3/t18-,19-/m0/s1. The van der Waals surface area contributed by atoms with Gasteiger partial charge in [0, 0.05) is 0 Å². The van der Waals surface area contributed by atoms with Gasteiger partial charge < -0.3 is 9.53 Å². The van der Waals surface area contributed by atoms with Crippen LogP contribution in [0.4, 0.5) is 0 Å². The van der Waals surface area contributed by atoms with E-state index in [1.165, 1.54) is 0 Å². The van der Waals surface area contributed by atoms with Crippen molar-refractivity contribution in [1.29, 1.82) is 0 Å². The van der Waals surface area contributed by atoms with E-state index in [0.29, 0.717) is 6.42 Å². The zero-order valence-corrected chi connectivity index (χ0v) is 16.9. The molecule has 0 amide bonds. The highest BCUT2D eigenvalue weighted by molar-refractivity contribution is 6.74. The Labute approximate surface area is 143 Å². The Morgan fingerprint density at radius 2 is 1.70 bits per heavy atom. The van der Waals surface area contributed by atoms with Gasteiger partial charge in [0.2, 0.25) is 0 Å². The van der Waals surface area contributed by atoms with Gasteiger partial charge in [0.1, 0.15) is 0 Å². The molecule has 0 radical (unpaired) electrons. The summed E-state index contributed by atoms with van der Waals surface area (Å²) in [7, 11) is -1.93. The van der Waals surface area contributed by atoms with Gasteiger partial charge in [-0.3, -0.25) is 0 Å². The second-order valence-electron chi connectivity index (χ2n) is 8.34. The van der Waals surface area contributed by atoms with Crippen molar-refractivity contribution >= 4 is 8.32 Å². The lowest BCUT2D eigenvalue weighted by atomic mass is 9.94. The first-order valence-electron chi connectivity index (χ1n) is 8.54. The molecule has 0 heterocycles. The second-order valence-corrected chi connectivity index (χ2v) is 13.1. The van der Waals surface area contributed by atoms with E-state index in [4.69, 9.17) is 4.43 Å². The molecular formula is C20H34O2Si. The van der Waals surface area contributed by atoms with Crippen molar-refractivity contribution in [2.75, 3.05) is 0 Å². The van der Waals surface area contributed by atoms with Gasteiger partial charge in [0.25, 0.3) is 0 Å². The zero-order chi connectivity index (χ0) is 17.8. The third-order valence-electron chi connectivity index (χ3n) is 4.93. The molecule has 3 heteroatoms. The Balaban J connectivity index is 3.07. The SMILES string of the molecule is C=C(C[C@H](O)C(C)C)[C@H](O[Si](C)(C)C(C)(C)C)c1ccccc1. The summed E-state index contributed by atoms with van der Waals surface area (Å²) in [6.07, 6.45) is 0.0495. The van der Waals surface area contributed by atoms with Crippen LogP contribution in [0.5, 0.6) is 0 Å². The maximum Gasteiger partial charge on any atom is 0.193 e. The molecule has 0 fully saturated rings. The minimum atomic E-state index is -1.93. The molecule has 0 saturated carbocycles. The van der Waals surface area contributed by atoms with Crippen molar-refractivity contribution in [3.63, 3.8) is 0 Å². The number of hydrogen-bond acceptors (Lipinski definition) is 2. The highest BCUT2D eigenvalue weighted by Gasteiger charge is 2.40. The molecular weight excluding hydrogens is 300 g/mol. The van der Waals surface area contributed by atoms with Crippen molar-refractivity contribution in [3.05, 3.63) is 48.0 Å². The monoisotopic (exact) mass is 334 g/mol. The van der Waals surface area contributed by atoms with Crippen molar-refractivity contribution < 1.29 is 9.53 Å². The Kier molecular flexibility index (Phi) is 6.81. The topological polar surface area (TPSA) is 29.5 Å². The van der Waals surface area contributed by atoms with Crippen LogP contribution in [0.2, 0.25) is 18.1 Å². The minimum absolute atomic E-state index is 0.136. The van der Waals surface area contributed by atoms with Crippen LogP contribution < -0.4 is 0 Å². The normalized spacial score (nSPS) is 15.5. The largest absolute Gasteiger partial charge is 0.406 e. The van der Waals surface area contributed by atoms with Gasteiger partial charge in [0.05, 0.1) is 12.2 Å². The van der Waals surface area contributed by atoms with Crippen LogP contribution in [0.15, 0.2) is 42.5 Å². The van der Waals surface area contributed by atoms with Crippen LogP contribution in [0, 0.1) is 5.92 Å². The molecule has 2 nitrogen and oxygen atoms in total. The highest BCUT2D eigenvalue weighted by Crippen LogP contribution is 2.42. The molecule has 23 heavy (non-hydrogen) atoms. The van der Waals surface area contributed by atoms with E-state index >= 15 is 0 Å². The van der Waals surface area contributed by atoms with Crippen LogP contribution in [-0.4, -0.2) is 19.5 Å². The van der Waals surface area contributed by atoms with Gasteiger partial charge in [0.15, 0.2) is 8.32 Å². The minimum Gasteiger partial charge on any atom is -0.406 e. The average Bonchev–Trinajstić information content (AvgIpc) is 2.44. The van der Waals surface area contributed by atoms with Crippen LogP contribution in [0.3, 0.4) is 0 Å². The van der Waals surface area contributed by atoms with Crippen LogP contribution in [0.1, 0.15) is 52.7 Å². The maximum atomic E-state index is 10.2. The van der Waals surface area contributed by atoms with E-state index in [-0.39, 0.29) is 23.2 Å². The molecule has 130 valence electrons. The van der Waals surface area contributed by atoms with Crippen molar-refractivity contribution in [3.8, 4) is 0 Å². The van der Waals surface area contributed by atoms with Crippen molar-refractivity contribution in [2.24, 2.45) is 5.92 Å². The second kappa shape index (κ2) is 7.78. The quantitative estimate of drug-likeness (QED) is 0.511. The van der Waals surface area contributed by atoms with E-state index in [1.54, 1.807) is 0 Å². The van der Waals surface area contributed by atoms with E-state index < -0.39 is 8.32 Å². The summed E-state index contributed by atoms with van der Waals surface area (Å²) in [6, 6.07) is 10.3. The van der Waals surface area contributed by atoms with Gasteiger partial charge >= 0.3 is 0 Å². The first-order chi connectivity index (χ1) is 10.5. The fourth-order valence-corrected chi connectivity index (χ4v) is 3.34. The molecule has 0 unspecified atom stereocenters. The summed E-state index contributed by atoms with van der Waals surface area (Å²) < 4.78 is 6.66. The number of benzene rings is 1.